The molecule has 0 fully saturated rings. The van der Waals surface area contributed by atoms with Crippen molar-refractivity contribution in [2.45, 2.75) is 9.79 Å². The third-order valence-electron chi connectivity index (χ3n) is 13.9. The van der Waals surface area contributed by atoms with E-state index in [-0.39, 0.29) is 0 Å². The Hall–Kier alpha value is -7.83. The Balaban J connectivity index is 0.986. The molecule has 0 saturated carbocycles. The molecule has 1 aliphatic heterocycles. The lowest BCUT2D eigenvalue weighted by molar-refractivity contribution is 0.669. The maximum atomic E-state index is 6.67. The molecule has 1 unspecified atom stereocenters. The van der Waals surface area contributed by atoms with Crippen molar-refractivity contribution in [1.29, 1.82) is 0 Å². The summed E-state index contributed by atoms with van der Waals surface area (Å²) in [6.07, 6.45) is 0. The summed E-state index contributed by atoms with van der Waals surface area (Å²) in [5.74, 6) is 0. The molecular weight excluding hydrogens is 825 g/mol. The number of fused-ring (bicyclic) bond motifs is 11. The highest BCUT2D eigenvalue weighted by atomic mass is 32.2. The molecule has 0 saturated heterocycles. The highest BCUT2D eigenvalue weighted by molar-refractivity contribution is 8.00. The highest BCUT2D eigenvalue weighted by Crippen LogP contribution is 2.39. The van der Waals surface area contributed by atoms with Gasteiger partial charge in [-0.1, -0.05) is 169 Å². The number of hydrogen-bond donors (Lipinski definition) is 0. The summed E-state index contributed by atoms with van der Waals surface area (Å²) in [5.41, 5.74) is 11.4. The zero-order valence-electron chi connectivity index (χ0n) is 35.2. The summed E-state index contributed by atoms with van der Waals surface area (Å²) in [6, 6.07) is 85.5. The van der Waals surface area contributed by atoms with Crippen LogP contribution in [0.25, 0.3) is 88.1 Å². The van der Waals surface area contributed by atoms with Crippen molar-refractivity contribution >= 4 is 106 Å². The first kappa shape index (κ1) is 36.6. The maximum absolute atomic E-state index is 6.67. The standard InChI is InChI=1S/C60H38N2OSSi/c1-6-21-51-45(16-1)46-17-2-7-22-52(46)61(51)41-29-31-43(32-30-41)65(44-33-34-50-49-20-5-10-25-55(49)63-56(50)38-44)59-27-12-11-26-57(59)64-58-37-40(28-35-60(58)65)39-14-13-15-42(36-39)62-53-23-8-3-18-47(53)48-19-4-9-24-54(48)62/h1-38H. The van der Waals surface area contributed by atoms with Gasteiger partial charge in [0.2, 0.25) is 0 Å². The van der Waals surface area contributed by atoms with Crippen molar-refractivity contribution < 1.29 is 4.42 Å². The fourth-order valence-corrected chi connectivity index (χ4v) is 18.0. The van der Waals surface area contributed by atoms with Gasteiger partial charge in [0.15, 0.2) is 8.07 Å². The number of aromatic nitrogens is 2. The summed E-state index contributed by atoms with van der Waals surface area (Å²) in [5, 5.41) is 12.8. The fourth-order valence-electron chi connectivity index (χ4n) is 11.1. The van der Waals surface area contributed by atoms with Gasteiger partial charge in [0.1, 0.15) is 11.2 Å². The smallest absolute Gasteiger partial charge is 0.182 e. The summed E-state index contributed by atoms with van der Waals surface area (Å²) in [7, 11) is -2.99. The quantitative estimate of drug-likeness (QED) is 0.161. The fraction of sp³-hybridized carbons (Fsp3) is 0. The second kappa shape index (κ2) is 14.1. The van der Waals surface area contributed by atoms with Gasteiger partial charge in [-0.3, -0.25) is 0 Å². The Morgan fingerprint density at radius 2 is 0.846 bits per heavy atom. The van der Waals surface area contributed by atoms with Crippen LogP contribution >= 0.6 is 11.8 Å². The van der Waals surface area contributed by atoms with Gasteiger partial charge in [0.05, 0.1) is 22.1 Å². The van der Waals surface area contributed by atoms with E-state index >= 15 is 0 Å². The molecule has 3 nitrogen and oxygen atoms in total. The van der Waals surface area contributed by atoms with E-state index in [4.69, 9.17) is 4.42 Å². The molecule has 65 heavy (non-hydrogen) atoms. The minimum absolute atomic E-state index is 0.915. The van der Waals surface area contributed by atoms with Gasteiger partial charge >= 0.3 is 0 Å². The first-order chi connectivity index (χ1) is 32.2. The molecule has 14 rings (SSSR count). The van der Waals surface area contributed by atoms with Gasteiger partial charge in [0, 0.05) is 53.5 Å². The summed E-state index contributed by atoms with van der Waals surface area (Å²) in [4.78, 5) is 2.60. The van der Waals surface area contributed by atoms with E-state index < -0.39 is 8.07 Å². The van der Waals surface area contributed by atoms with Crippen LogP contribution in [0, 0.1) is 0 Å². The van der Waals surface area contributed by atoms with Gasteiger partial charge in [-0.2, -0.15) is 0 Å². The maximum Gasteiger partial charge on any atom is 0.182 e. The topological polar surface area (TPSA) is 23.0 Å². The number of rotatable bonds is 5. The van der Waals surface area contributed by atoms with Crippen LogP contribution in [0.3, 0.4) is 0 Å². The number of furan rings is 1. The van der Waals surface area contributed by atoms with Crippen LogP contribution in [0.4, 0.5) is 0 Å². The third kappa shape index (κ3) is 5.31. The van der Waals surface area contributed by atoms with E-state index in [0.29, 0.717) is 0 Å². The molecule has 1 atom stereocenters. The van der Waals surface area contributed by atoms with Crippen LogP contribution in [-0.4, -0.2) is 17.2 Å². The Labute approximate surface area is 380 Å². The van der Waals surface area contributed by atoms with Gasteiger partial charge < -0.3 is 13.6 Å². The van der Waals surface area contributed by atoms with Crippen molar-refractivity contribution in [3.05, 3.63) is 231 Å². The Bertz CT molecular complexity index is 3960. The molecule has 0 radical (unpaired) electrons. The normalized spacial score (nSPS) is 14.8. The number of nitrogens with zero attached hydrogens (tertiary/aromatic N) is 2. The lowest BCUT2D eigenvalue weighted by Crippen LogP contribution is -2.76. The van der Waals surface area contributed by atoms with E-state index in [9.17, 15) is 0 Å². The van der Waals surface area contributed by atoms with Crippen LogP contribution in [-0.2, 0) is 0 Å². The zero-order valence-corrected chi connectivity index (χ0v) is 37.0. The molecule has 13 aromatic rings. The summed E-state index contributed by atoms with van der Waals surface area (Å²) in [6.45, 7) is 0. The lowest BCUT2D eigenvalue weighted by atomic mass is 10.0. The third-order valence-corrected chi connectivity index (χ3v) is 20.2. The molecule has 3 aromatic heterocycles. The summed E-state index contributed by atoms with van der Waals surface area (Å²) >= 11 is 1.90. The van der Waals surface area contributed by atoms with Crippen LogP contribution in [0.15, 0.2) is 245 Å². The van der Waals surface area contributed by atoms with E-state index in [2.05, 4.69) is 240 Å². The van der Waals surface area contributed by atoms with Crippen molar-refractivity contribution in [2.24, 2.45) is 0 Å². The monoisotopic (exact) mass is 862 g/mol. The Kier molecular flexibility index (Phi) is 7.94. The van der Waals surface area contributed by atoms with Gasteiger partial charge in [-0.15, -0.1) is 0 Å². The predicted octanol–water partition coefficient (Wildman–Crippen LogP) is 13.3. The molecule has 0 spiro atoms. The first-order valence-corrected chi connectivity index (χ1v) is 25.1. The molecule has 0 amide bonds. The van der Waals surface area contributed by atoms with Gasteiger partial charge in [-0.25, -0.2) is 0 Å². The zero-order chi connectivity index (χ0) is 42.6. The lowest BCUT2D eigenvalue weighted by Gasteiger charge is -2.40. The van der Waals surface area contributed by atoms with E-state index in [1.165, 1.54) is 85.3 Å². The van der Waals surface area contributed by atoms with Crippen LogP contribution < -0.4 is 20.7 Å². The molecule has 4 heterocycles. The van der Waals surface area contributed by atoms with E-state index in [0.717, 1.165) is 33.3 Å². The first-order valence-electron chi connectivity index (χ1n) is 22.2. The molecule has 0 aliphatic carbocycles. The SMILES string of the molecule is c1cc(-c2ccc3c(c2)Sc2ccccc2[Si]3(c2ccc(-n3c4ccccc4c4ccccc43)cc2)c2ccc3c(c2)oc2ccccc23)cc(-n2c3ccccc3c3ccccc32)c1. The van der Waals surface area contributed by atoms with Crippen molar-refractivity contribution in [3.63, 3.8) is 0 Å². The average Bonchev–Trinajstić information content (AvgIpc) is 4.03. The van der Waals surface area contributed by atoms with Crippen molar-refractivity contribution in [1.82, 2.24) is 9.13 Å². The number of para-hydroxylation sites is 5. The minimum Gasteiger partial charge on any atom is -0.456 e. The van der Waals surface area contributed by atoms with Gasteiger partial charge in [-0.05, 0) is 105 Å². The molecule has 0 N–H and O–H groups in total. The predicted molar refractivity (Wildman–Crippen MR) is 276 cm³/mol. The van der Waals surface area contributed by atoms with Crippen LogP contribution in [0.1, 0.15) is 0 Å². The van der Waals surface area contributed by atoms with E-state index in [1.807, 2.05) is 11.8 Å². The number of hydrogen-bond acceptors (Lipinski definition) is 2. The average molecular weight is 863 g/mol. The molecular formula is C60H38N2OSSi. The number of benzene rings is 10. The van der Waals surface area contributed by atoms with Crippen LogP contribution in [0.5, 0.6) is 0 Å². The van der Waals surface area contributed by atoms with E-state index in [1.54, 1.807) is 0 Å². The Morgan fingerprint density at radius 1 is 0.323 bits per heavy atom. The molecule has 0 bridgehead atoms. The highest BCUT2D eigenvalue weighted by Gasteiger charge is 2.47. The minimum atomic E-state index is -2.99. The molecule has 1 aliphatic rings. The largest absolute Gasteiger partial charge is 0.456 e. The molecule has 5 heteroatoms. The van der Waals surface area contributed by atoms with Crippen molar-refractivity contribution in [2.75, 3.05) is 0 Å². The molecule has 10 aromatic carbocycles. The van der Waals surface area contributed by atoms with Crippen molar-refractivity contribution in [3.8, 4) is 22.5 Å². The van der Waals surface area contributed by atoms with Crippen LogP contribution in [0.2, 0.25) is 0 Å². The van der Waals surface area contributed by atoms with Gasteiger partial charge in [0.25, 0.3) is 0 Å². The molecule has 304 valence electrons. The second-order valence-electron chi connectivity index (χ2n) is 17.2. The Morgan fingerprint density at radius 3 is 1.52 bits per heavy atom. The second-order valence-corrected chi connectivity index (χ2v) is 22.0. The summed E-state index contributed by atoms with van der Waals surface area (Å²) < 4.78 is 11.5.